The molecule has 0 aliphatic carbocycles. The van der Waals surface area contributed by atoms with E-state index in [9.17, 15) is 0 Å². The van der Waals surface area contributed by atoms with Gasteiger partial charge in [0, 0.05) is 25.0 Å². The van der Waals surface area contributed by atoms with E-state index in [-0.39, 0.29) is 0 Å². The zero-order valence-electron chi connectivity index (χ0n) is 6.50. The number of nitrogens with zero attached hydrogens (tertiary/aromatic N) is 1. The van der Waals surface area contributed by atoms with Crippen LogP contribution in [-0.2, 0) is 4.84 Å². The van der Waals surface area contributed by atoms with Crippen LogP contribution in [0.1, 0.15) is 6.92 Å². The number of rotatable bonds is 0. The fraction of sp³-hybridized carbons (Fsp3) is 1.00. The van der Waals surface area contributed by atoms with E-state index in [0.717, 1.165) is 12.5 Å². The van der Waals surface area contributed by atoms with Crippen molar-refractivity contribution in [1.82, 2.24) is 10.4 Å². The Bertz CT molecular complexity index is 138. The molecule has 3 unspecified atom stereocenters. The molecule has 0 bridgehead atoms. The summed E-state index contributed by atoms with van der Waals surface area (Å²) in [5.41, 5.74) is 2.95. The Kier molecular flexibility index (Phi) is 1.44. The molecule has 0 aromatic rings. The molecule has 0 amide bonds. The molecule has 58 valence electrons. The van der Waals surface area contributed by atoms with Crippen LogP contribution in [0.2, 0.25) is 0 Å². The van der Waals surface area contributed by atoms with Crippen LogP contribution in [0.25, 0.3) is 0 Å². The Balaban J connectivity index is 2.09. The second-order valence-corrected chi connectivity index (χ2v) is 3.37. The van der Waals surface area contributed by atoms with Crippen LogP contribution in [0.4, 0.5) is 0 Å². The highest BCUT2D eigenvalue weighted by molar-refractivity contribution is 4.92. The lowest BCUT2D eigenvalue weighted by atomic mass is 10.0. The van der Waals surface area contributed by atoms with Gasteiger partial charge in [0.25, 0.3) is 0 Å². The van der Waals surface area contributed by atoms with Gasteiger partial charge in [-0.2, -0.15) is 0 Å². The number of hydrogen-bond donors (Lipinski definition) is 1. The number of nitrogens with one attached hydrogen (secondary N) is 1. The normalized spacial score (nSPS) is 48.0. The number of likely N-dealkylation sites (N-methyl/N-ethyl adjacent to an activating group) is 1. The first-order valence-corrected chi connectivity index (χ1v) is 3.88. The number of fused-ring (bicyclic) bond motifs is 1. The Labute approximate surface area is 61.3 Å². The fourth-order valence-corrected chi connectivity index (χ4v) is 1.91. The highest BCUT2D eigenvalue weighted by Gasteiger charge is 2.41. The minimum absolute atomic E-state index is 0.435. The van der Waals surface area contributed by atoms with Crippen molar-refractivity contribution in [2.24, 2.45) is 5.92 Å². The lowest BCUT2D eigenvalue weighted by molar-refractivity contribution is 0.00758. The fourth-order valence-electron chi connectivity index (χ4n) is 1.91. The number of hydroxylamine groups is 1. The van der Waals surface area contributed by atoms with Crippen molar-refractivity contribution in [2.45, 2.75) is 19.1 Å². The Morgan fingerprint density at radius 2 is 2.40 bits per heavy atom. The molecule has 2 fully saturated rings. The quantitative estimate of drug-likeness (QED) is 0.508. The Morgan fingerprint density at radius 3 is 3.10 bits per heavy atom. The molecule has 2 rings (SSSR count). The second-order valence-electron chi connectivity index (χ2n) is 3.37. The molecule has 0 aromatic carbocycles. The summed E-state index contributed by atoms with van der Waals surface area (Å²) in [5.74, 6) is 0.722. The molecule has 0 spiro atoms. The summed E-state index contributed by atoms with van der Waals surface area (Å²) in [6.45, 7) is 4.43. The third kappa shape index (κ3) is 0.779. The third-order valence-electron chi connectivity index (χ3n) is 2.72. The molecule has 3 atom stereocenters. The minimum Gasteiger partial charge on any atom is -0.301 e. The smallest absolute Gasteiger partial charge is 0.0995 e. The van der Waals surface area contributed by atoms with Crippen LogP contribution in [0.5, 0.6) is 0 Å². The molecule has 0 saturated carbocycles. The number of likely N-dealkylation sites (tertiary alicyclic amines) is 1. The van der Waals surface area contributed by atoms with Gasteiger partial charge in [-0.05, 0) is 14.0 Å². The van der Waals surface area contributed by atoms with Gasteiger partial charge < -0.3 is 4.90 Å². The van der Waals surface area contributed by atoms with E-state index in [1.54, 1.807) is 0 Å². The molecule has 0 aromatic heterocycles. The first-order valence-electron chi connectivity index (χ1n) is 3.88. The maximum absolute atomic E-state index is 5.37. The highest BCUT2D eigenvalue weighted by Crippen LogP contribution is 2.26. The van der Waals surface area contributed by atoms with Gasteiger partial charge in [-0.1, -0.05) is 0 Å². The molecule has 10 heavy (non-hydrogen) atoms. The molecule has 0 radical (unpaired) electrons. The van der Waals surface area contributed by atoms with Crippen LogP contribution < -0.4 is 5.48 Å². The highest BCUT2D eigenvalue weighted by atomic mass is 16.7. The molecule has 3 heteroatoms. The molecule has 3 nitrogen and oxygen atoms in total. The summed E-state index contributed by atoms with van der Waals surface area (Å²) >= 11 is 0. The SMILES string of the molecule is CC1C2ONCC2CN1C. The van der Waals surface area contributed by atoms with Crippen LogP contribution in [0.3, 0.4) is 0 Å². The van der Waals surface area contributed by atoms with E-state index >= 15 is 0 Å². The molecular weight excluding hydrogens is 128 g/mol. The number of hydrogen-bond acceptors (Lipinski definition) is 3. The maximum Gasteiger partial charge on any atom is 0.0995 e. The van der Waals surface area contributed by atoms with E-state index in [4.69, 9.17) is 4.84 Å². The summed E-state index contributed by atoms with van der Waals surface area (Å²) in [6, 6.07) is 0.583. The van der Waals surface area contributed by atoms with Crippen molar-refractivity contribution in [3.05, 3.63) is 0 Å². The summed E-state index contributed by atoms with van der Waals surface area (Å²) in [4.78, 5) is 7.73. The summed E-state index contributed by atoms with van der Waals surface area (Å²) in [7, 11) is 2.16. The predicted molar refractivity (Wildman–Crippen MR) is 38.5 cm³/mol. The van der Waals surface area contributed by atoms with Crippen molar-refractivity contribution < 1.29 is 4.84 Å². The zero-order valence-corrected chi connectivity index (χ0v) is 6.50. The monoisotopic (exact) mass is 142 g/mol. The van der Waals surface area contributed by atoms with E-state index in [1.807, 2.05) is 0 Å². The van der Waals surface area contributed by atoms with Crippen LogP contribution in [0, 0.1) is 5.92 Å². The Hall–Kier alpha value is -0.120. The second kappa shape index (κ2) is 2.19. The van der Waals surface area contributed by atoms with Gasteiger partial charge in [0.05, 0.1) is 6.10 Å². The van der Waals surface area contributed by atoms with Gasteiger partial charge in [-0.25, -0.2) is 5.48 Å². The third-order valence-corrected chi connectivity index (χ3v) is 2.72. The minimum atomic E-state index is 0.435. The van der Waals surface area contributed by atoms with E-state index in [2.05, 4.69) is 24.4 Å². The molecule has 1 N–H and O–H groups in total. The van der Waals surface area contributed by atoms with Crippen molar-refractivity contribution in [3.8, 4) is 0 Å². The average molecular weight is 142 g/mol. The van der Waals surface area contributed by atoms with Crippen molar-refractivity contribution in [3.63, 3.8) is 0 Å². The largest absolute Gasteiger partial charge is 0.301 e. The van der Waals surface area contributed by atoms with Gasteiger partial charge in [-0.3, -0.25) is 4.84 Å². The van der Waals surface area contributed by atoms with Gasteiger partial charge >= 0.3 is 0 Å². The molecule has 2 aliphatic rings. The van der Waals surface area contributed by atoms with Crippen LogP contribution >= 0.6 is 0 Å². The molecule has 2 saturated heterocycles. The average Bonchev–Trinajstić information content (AvgIpc) is 2.41. The first kappa shape index (κ1) is 6.58. The summed E-state index contributed by atoms with van der Waals surface area (Å²) in [6.07, 6.45) is 0.435. The first-order chi connectivity index (χ1) is 4.79. The standard InChI is InChI=1S/C7H14N2O/c1-5-7-6(3-8-10-7)4-9(5)2/h5-8H,3-4H2,1-2H3. The van der Waals surface area contributed by atoms with Crippen molar-refractivity contribution in [2.75, 3.05) is 20.1 Å². The zero-order chi connectivity index (χ0) is 7.14. The van der Waals surface area contributed by atoms with E-state index in [1.165, 1.54) is 6.54 Å². The van der Waals surface area contributed by atoms with E-state index < -0.39 is 0 Å². The van der Waals surface area contributed by atoms with Crippen molar-refractivity contribution >= 4 is 0 Å². The summed E-state index contributed by atoms with van der Waals surface area (Å²) < 4.78 is 0. The lowest BCUT2D eigenvalue weighted by Gasteiger charge is -2.17. The molecule has 2 heterocycles. The lowest BCUT2D eigenvalue weighted by Crippen LogP contribution is -2.31. The van der Waals surface area contributed by atoms with Gasteiger partial charge in [0.2, 0.25) is 0 Å². The Morgan fingerprint density at radius 1 is 1.60 bits per heavy atom. The molecule has 2 aliphatic heterocycles. The van der Waals surface area contributed by atoms with Crippen molar-refractivity contribution in [1.29, 1.82) is 0 Å². The predicted octanol–water partition coefficient (Wildman–Crippen LogP) is -0.160. The van der Waals surface area contributed by atoms with Gasteiger partial charge in [0.15, 0.2) is 0 Å². The topological polar surface area (TPSA) is 24.5 Å². The van der Waals surface area contributed by atoms with Gasteiger partial charge in [0.1, 0.15) is 0 Å². The van der Waals surface area contributed by atoms with Gasteiger partial charge in [-0.15, -0.1) is 0 Å². The summed E-state index contributed by atoms with van der Waals surface area (Å²) in [5, 5.41) is 0. The molecular formula is C7H14N2O. The maximum atomic E-state index is 5.37. The van der Waals surface area contributed by atoms with Crippen LogP contribution in [-0.4, -0.2) is 37.2 Å². The van der Waals surface area contributed by atoms with E-state index in [0.29, 0.717) is 12.1 Å². The van der Waals surface area contributed by atoms with Crippen LogP contribution in [0.15, 0.2) is 0 Å².